The molecule has 1 atom stereocenters. The predicted molar refractivity (Wildman–Crippen MR) is 125 cm³/mol. The SMILES string of the molecule is O=C(NCC(F)(F)F)N[C@](Cc1ccccc1)(c1ccc(OC(F)F)cc1)c1cc(F)cc(OC(F)(F)C(F)F)c1. The molecule has 0 saturated carbocycles. The van der Waals surface area contributed by atoms with Crippen LogP contribution in [-0.2, 0) is 12.0 Å². The molecule has 0 saturated heterocycles. The first-order chi connectivity index (χ1) is 19.1. The van der Waals surface area contributed by atoms with E-state index in [1.807, 2.05) is 0 Å². The zero-order valence-electron chi connectivity index (χ0n) is 20.5. The van der Waals surface area contributed by atoms with E-state index in [4.69, 9.17) is 0 Å². The molecule has 3 aromatic rings. The summed E-state index contributed by atoms with van der Waals surface area (Å²) in [5.41, 5.74) is -2.23. The number of ether oxygens (including phenoxy) is 2. The van der Waals surface area contributed by atoms with E-state index in [0.717, 1.165) is 24.3 Å². The summed E-state index contributed by atoms with van der Waals surface area (Å²) < 4.78 is 140. The Morgan fingerprint density at radius 2 is 1.44 bits per heavy atom. The van der Waals surface area contributed by atoms with Crippen molar-refractivity contribution in [1.29, 1.82) is 0 Å². The fourth-order valence-electron chi connectivity index (χ4n) is 3.87. The van der Waals surface area contributed by atoms with Gasteiger partial charge >= 0.3 is 31.4 Å². The number of nitrogens with one attached hydrogen (secondary N) is 2. The average Bonchev–Trinajstić information content (AvgIpc) is 2.86. The third kappa shape index (κ3) is 8.66. The molecule has 0 aromatic heterocycles. The Morgan fingerprint density at radius 3 is 2.00 bits per heavy atom. The molecule has 15 heteroatoms. The van der Waals surface area contributed by atoms with Crippen LogP contribution in [-0.4, -0.2) is 37.9 Å². The highest BCUT2D eigenvalue weighted by molar-refractivity contribution is 5.76. The molecule has 0 aliphatic carbocycles. The van der Waals surface area contributed by atoms with Crippen molar-refractivity contribution in [1.82, 2.24) is 10.6 Å². The second kappa shape index (κ2) is 12.6. The van der Waals surface area contributed by atoms with Crippen molar-refractivity contribution in [3.63, 3.8) is 0 Å². The molecule has 0 aliphatic heterocycles. The highest BCUT2D eigenvalue weighted by atomic mass is 19.4. The van der Waals surface area contributed by atoms with Crippen LogP contribution in [0.2, 0.25) is 0 Å². The minimum atomic E-state index is -5.06. The van der Waals surface area contributed by atoms with Crippen LogP contribution in [0.1, 0.15) is 16.7 Å². The number of amides is 2. The molecule has 2 amide bonds. The van der Waals surface area contributed by atoms with Gasteiger partial charge in [-0.3, -0.25) is 0 Å². The lowest BCUT2D eigenvalue weighted by molar-refractivity contribution is -0.253. The molecule has 222 valence electrons. The number of benzene rings is 3. The van der Waals surface area contributed by atoms with Crippen molar-refractivity contribution in [2.24, 2.45) is 0 Å². The number of hydrogen-bond acceptors (Lipinski definition) is 3. The highest BCUT2D eigenvalue weighted by Gasteiger charge is 2.45. The van der Waals surface area contributed by atoms with Gasteiger partial charge in [0.25, 0.3) is 0 Å². The Morgan fingerprint density at radius 1 is 0.805 bits per heavy atom. The number of carbonyl (C=O) groups is 1. The number of urea groups is 1. The third-order valence-corrected chi connectivity index (χ3v) is 5.53. The summed E-state index contributed by atoms with van der Waals surface area (Å²) in [5, 5.41) is 3.87. The van der Waals surface area contributed by atoms with Gasteiger partial charge in [0.2, 0.25) is 0 Å². The van der Waals surface area contributed by atoms with E-state index >= 15 is 0 Å². The van der Waals surface area contributed by atoms with Crippen LogP contribution >= 0.6 is 0 Å². The quantitative estimate of drug-likeness (QED) is 0.234. The molecule has 5 nitrogen and oxygen atoms in total. The third-order valence-electron chi connectivity index (χ3n) is 5.53. The van der Waals surface area contributed by atoms with Crippen molar-refractivity contribution < 1.29 is 58.2 Å². The molecule has 3 aromatic carbocycles. The second-order valence-electron chi connectivity index (χ2n) is 8.53. The molecule has 0 heterocycles. The molecule has 0 fully saturated rings. The normalized spacial score (nSPS) is 13.6. The topological polar surface area (TPSA) is 59.6 Å². The van der Waals surface area contributed by atoms with E-state index in [1.54, 1.807) is 23.5 Å². The molecule has 3 rings (SSSR count). The van der Waals surface area contributed by atoms with Crippen molar-refractivity contribution in [2.75, 3.05) is 6.54 Å². The fraction of sp³-hybridized carbons (Fsp3) is 0.269. The van der Waals surface area contributed by atoms with Crippen molar-refractivity contribution in [3.8, 4) is 11.5 Å². The first kappa shape index (κ1) is 31.4. The first-order valence-corrected chi connectivity index (χ1v) is 11.5. The molecule has 0 radical (unpaired) electrons. The number of alkyl halides is 9. The Labute approximate surface area is 226 Å². The number of carbonyl (C=O) groups excluding carboxylic acids is 1. The summed E-state index contributed by atoms with van der Waals surface area (Å²) in [6.07, 6.45) is -14.6. The lowest BCUT2D eigenvalue weighted by atomic mass is 9.77. The minimum Gasteiger partial charge on any atom is -0.435 e. The summed E-state index contributed by atoms with van der Waals surface area (Å²) >= 11 is 0. The second-order valence-corrected chi connectivity index (χ2v) is 8.53. The Bertz CT molecular complexity index is 1310. The van der Waals surface area contributed by atoms with E-state index in [9.17, 15) is 48.7 Å². The van der Waals surface area contributed by atoms with Gasteiger partial charge in [0.05, 0.1) is 5.54 Å². The average molecular weight is 598 g/mol. The van der Waals surface area contributed by atoms with Gasteiger partial charge in [-0.05, 0) is 41.0 Å². The van der Waals surface area contributed by atoms with E-state index in [-0.39, 0.29) is 17.7 Å². The largest absolute Gasteiger partial charge is 0.461 e. The van der Waals surface area contributed by atoms with Gasteiger partial charge in [0.1, 0.15) is 23.9 Å². The van der Waals surface area contributed by atoms with Gasteiger partial charge in [-0.2, -0.15) is 39.5 Å². The smallest absolute Gasteiger partial charge is 0.435 e. The van der Waals surface area contributed by atoms with Crippen LogP contribution in [0.3, 0.4) is 0 Å². The van der Waals surface area contributed by atoms with Crippen LogP contribution in [0, 0.1) is 5.82 Å². The summed E-state index contributed by atoms with van der Waals surface area (Å²) in [6.45, 7) is -5.01. The van der Waals surface area contributed by atoms with Crippen LogP contribution < -0.4 is 20.1 Å². The molecular weight excluding hydrogens is 578 g/mol. The maximum Gasteiger partial charge on any atom is 0.461 e. The lowest BCUT2D eigenvalue weighted by Gasteiger charge is -2.37. The molecular formula is C26H20F10N2O3. The molecule has 0 aliphatic rings. The van der Waals surface area contributed by atoms with E-state index in [2.05, 4.69) is 14.8 Å². The summed E-state index contributed by atoms with van der Waals surface area (Å²) in [5.74, 6) is -2.76. The molecule has 0 bridgehead atoms. The van der Waals surface area contributed by atoms with Crippen molar-refractivity contribution in [3.05, 3.63) is 95.3 Å². The number of hydrogen-bond donors (Lipinski definition) is 2. The lowest BCUT2D eigenvalue weighted by Crippen LogP contribution is -2.53. The van der Waals surface area contributed by atoms with Gasteiger partial charge in [-0.25, -0.2) is 9.18 Å². The van der Waals surface area contributed by atoms with Gasteiger partial charge in [0, 0.05) is 12.5 Å². The molecule has 41 heavy (non-hydrogen) atoms. The Balaban J connectivity index is 2.23. The van der Waals surface area contributed by atoms with Crippen LogP contribution in [0.15, 0.2) is 72.8 Å². The molecule has 0 spiro atoms. The maximum atomic E-state index is 14.7. The minimum absolute atomic E-state index is 0.0673. The van der Waals surface area contributed by atoms with Crippen LogP contribution in [0.25, 0.3) is 0 Å². The van der Waals surface area contributed by atoms with Gasteiger partial charge < -0.3 is 20.1 Å². The Kier molecular flexibility index (Phi) is 9.61. The Hall–Kier alpha value is -4.17. The van der Waals surface area contributed by atoms with Crippen LogP contribution in [0.5, 0.6) is 11.5 Å². The fourth-order valence-corrected chi connectivity index (χ4v) is 3.87. The van der Waals surface area contributed by atoms with Gasteiger partial charge in [-0.15, -0.1) is 0 Å². The predicted octanol–water partition coefficient (Wildman–Crippen LogP) is 7.01. The number of halogens is 10. The summed E-state index contributed by atoms with van der Waals surface area (Å²) in [6, 6.07) is 12.3. The molecule has 0 unspecified atom stereocenters. The summed E-state index contributed by atoms with van der Waals surface area (Å²) in [4.78, 5) is 12.8. The monoisotopic (exact) mass is 598 g/mol. The highest BCUT2D eigenvalue weighted by Crippen LogP contribution is 2.38. The van der Waals surface area contributed by atoms with Gasteiger partial charge in [0.15, 0.2) is 0 Å². The van der Waals surface area contributed by atoms with Crippen LogP contribution in [0.4, 0.5) is 48.7 Å². The molecule has 2 N–H and O–H groups in total. The van der Waals surface area contributed by atoms with Gasteiger partial charge in [-0.1, -0.05) is 42.5 Å². The standard InChI is InChI=1S/C26H20F10N2O3/c27-18-10-17(11-20(12-18)41-26(35,36)21(28)29)24(13-15-4-2-1-3-5-15,38-23(39)37-14-25(32,33)34)16-6-8-19(9-7-16)40-22(30)31/h1-12,21-22H,13-14H2,(H2,37,38,39)/t24-/m1/s1. The number of rotatable bonds is 11. The van der Waals surface area contributed by atoms with E-state index in [0.29, 0.717) is 23.8 Å². The van der Waals surface area contributed by atoms with E-state index in [1.165, 1.54) is 12.1 Å². The zero-order valence-corrected chi connectivity index (χ0v) is 20.5. The van der Waals surface area contributed by atoms with Crippen molar-refractivity contribution >= 4 is 6.03 Å². The van der Waals surface area contributed by atoms with E-state index < -0.39 is 60.6 Å². The summed E-state index contributed by atoms with van der Waals surface area (Å²) in [7, 11) is 0. The maximum absolute atomic E-state index is 14.7. The first-order valence-electron chi connectivity index (χ1n) is 11.5. The zero-order chi connectivity index (χ0) is 30.4. The van der Waals surface area contributed by atoms with Crippen molar-refractivity contribution in [2.45, 2.75) is 37.3 Å².